The van der Waals surface area contributed by atoms with E-state index in [0.717, 1.165) is 24.3 Å². The van der Waals surface area contributed by atoms with Gasteiger partial charge in [-0.3, -0.25) is 9.38 Å². The molecular formula is C24H21N5. The molecule has 1 atom stereocenters. The Morgan fingerprint density at radius 2 is 1.76 bits per heavy atom. The average Bonchev–Trinajstić information content (AvgIpc) is 3.27. The summed E-state index contributed by atoms with van der Waals surface area (Å²) in [6.45, 7) is 1.94. The van der Waals surface area contributed by atoms with Crippen molar-refractivity contribution in [1.82, 2.24) is 24.9 Å². The Bertz CT molecular complexity index is 1190. The van der Waals surface area contributed by atoms with Crippen LogP contribution in [0.4, 0.5) is 0 Å². The van der Waals surface area contributed by atoms with E-state index in [-0.39, 0.29) is 0 Å². The molecule has 0 amide bonds. The summed E-state index contributed by atoms with van der Waals surface area (Å²) in [5.74, 6) is 0.400. The molecule has 0 saturated carbocycles. The minimum Gasteiger partial charge on any atom is -0.312 e. The van der Waals surface area contributed by atoms with Crippen molar-refractivity contribution in [2.45, 2.75) is 12.5 Å². The molecule has 6 rings (SSSR count). The van der Waals surface area contributed by atoms with E-state index in [1.54, 1.807) is 6.33 Å². The van der Waals surface area contributed by atoms with Crippen LogP contribution in [0.5, 0.6) is 0 Å². The van der Waals surface area contributed by atoms with Crippen molar-refractivity contribution >= 4 is 16.6 Å². The smallest absolute Gasteiger partial charge is 0.160 e. The van der Waals surface area contributed by atoms with Crippen LogP contribution in [0.1, 0.15) is 22.6 Å². The molecule has 5 heteroatoms. The maximum atomic E-state index is 4.18. The van der Waals surface area contributed by atoms with Crippen molar-refractivity contribution in [2.75, 3.05) is 6.54 Å². The van der Waals surface area contributed by atoms with E-state index in [1.807, 2.05) is 40.9 Å². The summed E-state index contributed by atoms with van der Waals surface area (Å²) >= 11 is 0. The third kappa shape index (κ3) is 3.60. The van der Waals surface area contributed by atoms with Crippen LogP contribution in [0.3, 0.4) is 0 Å². The van der Waals surface area contributed by atoms with Gasteiger partial charge in [-0.1, -0.05) is 54.6 Å². The minimum absolute atomic E-state index is 0.400. The molecular weight excluding hydrogens is 358 g/mol. The lowest BCUT2D eigenvalue weighted by Crippen LogP contribution is -2.28. The molecule has 3 aromatic heterocycles. The normalized spacial score (nSPS) is 15.5. The first-order valence-corrected chi connectivity index (χ1v) is 9.76. The molecule has 5 aromatic rings. The maximum absolute atomic E-state index is 4.18. The number of benzene rings is 2. The number of fused-ring (bicyclic) bond motifs is 3. The Labute approximate surface area is 169 Å². The summed E-state index contributed by atoms with van der Waals surface area (Å²) in [5.41, 5.74) is 6.06. The van der Waals surface area contributed by atoms with Crippen LogP contribution in [-0.4, -0.2) is 26.1 Å². The van der Waals surface area contributed by atoms with E-state index < -0.39 is 0 Å². The summed E-state index contributed by atoms with van der Waals surface area (Å²) in [5, 5.41) is 12.7. The van der Waals surface area contributed by atoms with Crippen molar-refractivity contribution in [3.8, 4) is 0 Å². The number of hydrogen-bond donors (Lipinski definition) is 1. The van der Waals surface area contributed by atoms with Gasteiger partial charge in [0, 0.05) is 36.8 Å². The van der Waals surface area contributed by atoms with E-state index >= 15 is 0 Å². The van der Waals surface area contributed by atoms with Crippen molar-refractivity contribution in [3.05, 3.63) is 108 Å². The lowest BCUT2D eigenvalue weighted by Gasteiger charge is -2.26. The molecule has 5 nitrogen and oxygen atoms in total. The number of nitrogens with zero attached hydrogens (tertiary/aromatic N) is 4. The highest BCUT2D eigenvalue weighted by atomic mass is 15.2. The molecule has 1 N–H and O–H groups in total. The molecule has 0 fully saturated rings. The highest BCUT2D eigenvalue weighted by Gasteiger charge is 2.21. The van der Waals surface area contributed by atoms with Gasteiger partial charge in [-0.25, -0.2) is 0 Å². The zero-order valence-corrected chi connectivity index (χ0v) is 15.9. The van der Waals surface area contributed by atoms with E-state index in [9.17, 15) is 0 Å². The lowest BCUT2D eigenvalue weighted by molar-refractivity contribution is 0.590. The second kappa shape index (κ2) is 7.81. The fourth-order valence-corrected chi connectivity index (χ4v) is 3.86. The Hall–Kier alpha value is -3.57. The number of nitrogens with one attached hydrogen (secondary N) is 1. The van der Waals surface area contributed by atoms with E-state index in [0.29, 0.717) is 5.92 Å². The van der Waals surface area contributed by atoms with Gasteiger partial charge in [0.05, 0.1) is 5.52 Å². The summed E-state index contributed by atoms with van der Waals surface area (Å²) in [6, 6.07) is 24.9. The zero-order chi connectivity index (χ0) is 19.5. The highest BCUT2D eigenvalue weighted by molar-refractivity contribution is 5.77. The largest absolute Gasteiger partial charge is 0.312 e. The van der Waals surface area contributed by atoms with Gasteiger partial charge in [-0.2, -0.15) is 0 Å². The fourth-order valence-electron chi connectivity index (χ4n) is 3.86. The van der Waals surface area contributed by atoms with Gasteiger partial charge < -0.3 is 5.32 Å². The molecule has 1 aliphatic rings. The molecule has 0 bridgehead atoms. The van der Waals surface area contributed by atoms with Crippen LogP contribution in [0, 0.1) is 0 Å². The van der Waals surface area contributed by atoms with Gasteiger partial charge in [-0.05, 0) is 34.9 Å². The first kappa shape index (κ1) is 17.5. The Morgan fingerprint density at radius 3 is 2.72 bits per heavy atom. The van der Waals surface area contributed by atoms with Crippen molar-refractivity contribution in [2.24, 2.45) is 0 Å². The van der Waals surface area contributed by atoms with Gasteiger partial charge in [0.25, 0.3) is 0 Å². The van der Waals surface area contributed by atoms with E-state index in [1.165, 1.54) is 22.1 Å². The van der Waals surface area contributed by atoms with E-state index in [2.05, 4.69) is 69.2 Å². The number of aromatic nitrogens is 4. The molecule has 2 aromatic carbocycles. The zero-order valence-electron chi connectivity index (χ0n) is 15.9. The van der Waals surface area contributed by atoms with Gasteiger partial charge in [0.1, 0.15) is 6.33 Å². The standard InChI is InChI=1S/C15H14N4.C9H7N/c1-2-4-13-11(3-1)7-16-8-14(13)12-5-6-15-18-17-10-19(15)9-12;1-2-6-9-8(4-1)5-3-7-10-9/h1-6,9-10,14,16H,7-8H2;1-7H. The third-order valence-electron chi connectivity index (χ3n) is 5.32. The summed E-state index contributed by atoms with van der Waals surface area (Å²) < 4.78 is 1.98. The summed E-state index contributed by atoms with van der Waals surface area (Å²) in [6.07, 6.45) is 5.69. The third-order valence-corrected chi connectivity index (χ3v) is 5.32. The Kier molecular flexibility index (Phi) is 4.72. The summed E-state index contributed by atoms with van der Waals surface area (Å²) in [7, 11) is 0. The second-order valence-corrected chi connectivity index (χ2v) is 7.14. The maximum Gasteiger partial charge on any atom is 0.160 e. The predicted molar refractivity (Wildman–Crippen MR) is 115 cm³/mol. The monoisotopic (exact) mass is 379 g/mol. The molecule has 1 aliphatic heterocycles. The molecule has 29 heavy (non-hydrogen) atoms. The SMILES string of the molecule is c1ccc2c(c1)CNCC2c1ccc2nncn2c1.c1ccc2ncccc2c1. The van der Waals surface area contributed by atoms with E-state index in [4.69, 9.17) is 0 Å². The highest BCUT2D eigenvalue weighted by Crippen LogP contribution is 2.29. The van der Waals surface area contributed by atoms with Gasteiger partial charge in [0.15, 0.2) is 5.65 Å². The average molecular weight is 379 g/mol. The van der Waals surface area contributed by atoms with Gasteiger partial charge in [0.2, 0.25) is 0 Å². The van der Waals surface area contributed by atoms with Gasteiger partial charge in [-0.15, -0.1) is 10.2 Å². The van der Waals surface area contributed by atoms with Crippen LogP contribution < -0.4 is 5.32 Å². The second-order valence-electron chi connectivity index (χ2n) is 7.14. The van der Waals surface area contributed by atoms with Crippen LogP contribution in [0.25, 0.3) is 16.6 Å². The van der Waals surface area contributed by atoms with Crippen LogP contribution >= 0.6 is 0 Å². The molecule has 1 unspecified atom stereocenters. The molecule has 142 valence electrons. The molecule has 0 radical (unpaired) electrons. The van der Waals surface area contributed by atoms with Crippen molar-refractivity contribution in [3.63, 3.8) is 0 Å². The number of rotatable bonds is 1. The molecule has 4 heterocycles. The molecule has 0 saturated heterocycles. The van der Waals surface area contributed by atoms with Crippen molar-refractivity contribution in [1.29, 1.82) is 0 Å². The Morgan fingerprint density at radius 1 is 0.897 bits per heavy atom. The number of para-hydroxylation sites is 1. The lowest BCUT2D eigenvalue weighted by atomic mass is 9.86. The predicted octanol–water partition coefficient (Wildman–Crippen LogP) is 4.20. The van der Waals surface area contributed by atoms with Crippen LogP contribution in [0.2, 0.25) is 0 Å². The molecule has 0 spiro atoms. The van der Waals surface area contributed by atoms with Crippen molar-refractivity contribution < 1.29 is 0 Å². The fraction of sp³-hybridized carbons (Fsp3) is 0.125. The van der Waals surface area contributed by atoms with Crippen LogP contribution in [-0.2, 0) is 6.54 Å². The topological polar surface area (TPSA) is 55.1 Å². The number of hydrogen-bond acceptors (Lipinski definition) is 4. The first-order valence-electron chi connectivity index (χ1n) is 9.76. The first-order chi connectivity index (χ1) is 14.4. The summed E-state index contributed by atoms with van der Waals surface area (Å²) in [4.78, 5) is 4.18. The minimum atomic E-state index is 0.400. The quantitative estimate of drug-likeness (QED) is 0.474. The Balaban J connectivity index is 0.000000153. The van der Waals surface area contributed by atoms with Gasteiger partial charge >= 0.3 is 0 Å². The van der Waals surface area contributed by atoms with Crippen LogP contribution in [0.15, 0.2) is 91.5 Å². The molecule has 0 aliphatic carbocycles. The number of pyridine rings is 2.